The van der Waals surface area contributed by atoms with Gasteiger partial charge in [0.15, 0.2) is 0 Å². The fourth-order valence-electron chi connectivity index (χ4n) is 2.43. The summed E-state index contributed by atoms with van der Waals surface area (Å²) in [6, 6.07) is 10.7. The SMILES string of the molecule is O=C(Nc1ccc([C@H]2CCNC2)nc1)c1ccc(Cl)cc1. The van der Waals surface area contributed by atoms with Crippen molar-refractivity contribution < 1.29 is 4.79 Å². The Morgan fingerprint density at radius 2 is 2.05 bits per heavy atom. The molecule has 0 unspecified atom stereocenters. The van der Waals surface area contributed by atoms with Gasteiger partial charge >= 0.3 is 0 Å². The standard InChI is InChI=1S/C16H16ClN3O/c17-13-3-1-11(2-4-13)16(21)20-14-5-6-15(19-10-14)12-7-8-18-9-12/h1-6,10,12,18H,7-9H2,(H,20,21)/t12-/m0/s1. The minimum absolute atomic E-state index is 0.163. The van der Waals surface area contributed by atoms with Gasteiger partial charge in [0, 0.05) is 28.7 Å². The predicted molar refractivity (Wildman–Crippen MR) is 83.9 cm³/mol. The molecule has 1 aromatic carbocycles. The molecule has 1 aromatic heterocycles. The van der Waals surface area contributed by atoms with Crippen LogP contribution >= 0.6 is 11.6 Å². The molecule has 0 aliphatic carbocycles. The van der Waals surface area contributed by atoms with Crippen molar-refractivity contribution in [3.05, 3.63) is 58.9 Å². The second kappa shape index (κ2) is 6.24. The van der Waals surface area contributed by atoms with Crippen LogP contribution in [0.25, 0.3) is 0 Å². The molecule has 1 atom stereocenters. The molecule has 21 heavy (non-hydrogen) atoms. The minimum atomic E-state index is -0.163. The van der Waals surface area contributed by atoms with Crippen molar-refractivity contribution in [3.63, 3.8) is 0 Å². The highest BCUT2D eigenvalue weighted by Gasteiger charge is 2.17. The molecule has 2 N–H and O–H groups in total. The van der Waals surface area contributed by atoms with Crippen molar-refractivity contribution in [3.8, 4) is 0 Å². The lowest BCUT2D eigenvalue weighted by atomic mass is 10.0. The number of carbonyl (C=O) groups excluding carboxylic acids is 1. The van der Waals surface area contributed by atoms with Gasteiger partial charge in [-0.15, -0.1) is 0 Å². The van der Waals surface area contributed by atoms with Crippen LogP contribution in [0.5, 0.6) is 0 Å². The summed E-state index contributed by atoms with van der Waals surface area (Å²) in [6.45, 7) is 2.02. The lowest BCUT2D eigenvalue weighted by Crippen LogP contribution is -2.12. The molecular weight excluding hydrogens is 286 g/mol. The van der Waals surface area contributed by atoms with Crippen LogP contribution in [0.3, 0.4) is 0 Å². The van der Waals surface area contributed by atoms with Crippen molar-refractivity contribution in [1.29, 1.82) is 0 Å². The van der Waals surface area contributed by atoms with Crippen molar-refractivity contribution in [1.82, 2.24) is 10.3 Å². The van der Waals surface area contributed by atoms with E-state index in [1.54, 1.807) is 30.5 Å². The van der Waals surface area contributed by atoms with Crippen LogP contribution in [0.2, 0.25) is 5.02 Å². The molecule has 1 saturated heterocycles. The van der Waals surface area contributed by atoms with Crippen molar-refractivity contribution >= 4 is 23.2 Å². The maximum absolute atomic E-state index is 12.1. The third-order valence-electron chi connectivity index (χ3n) is 3.63. The van der Waals surface area contributed by atoms with Crippen molar-refractivity contribution in [2.45, 2.75) is 12.3 Å². The number of amides is 1. The third kappa shape index (κ3) is 3.40. The number of nitrogens with zero attached hydrogens (tertiary/aromatic N) is 1. The quantitative estimate of drug-likeness (QED) is 0.916. The Balaban J connectivity index is 1.67. The minimum Gasteiger partial charge on any atom is -0.321 e. The summed E-state index contributed by atoms with van der Waals surface area (Å²) in [5.74, 6) is 0.315. The zero-order valence-electron chi connectivity index (χ0n) is 11.5. The van der Waals surface area contributed by atoms with Crippen LogP contribution in [0.4, 0.5) is 5.69 Å². The largest absolute Gasteiger partial charge is 0.321 e. The third-order valence-corrected chi connectivity index (χ3v) is 3.88. The Morgan fingerprint density at radius 1 is 1.24 bits per heavy atom. The summed E-state index contributed by atoms with van der Waals surface area (Å²) in [5.41, 5.74) is 2.35. The van der Waals surface area contributed by atoms with Crippen molar-refractivity contribution in [2.75, 3.05) is 18.4 Å². The number of halogens is 1. The first kappa shape index (κ1) is 14.0. The molecule has 3 rings (SSSR count). The number of nitrogens with one attached hydrogen (secondary N) is 2. The van der Waals surface area contributed by atoms with Gasteiger partial charge in [-0.2, -0.15) is 0 Å². The summed E-state index contributed by atoms with van der Waals surface area (Å²) in [7, 11) is 0. The van der Waals surface area contributed by atoms with Gasteiger partial charge in [-0.05, 0) is 49.4 Å². The summed E-state index contributed by atoms with van der Waals surface area (Å²) in [4.78, 5) is 16.5. The maximum Gasteiger partial charge on any atom is 0.255 e. The van der Waals surface area contributed by atoms with Crippen LogP contribution in [-0.2, 0) is 0 Å². The number of rotatable bonds is 3. The highest BCUT2D eigenvalue weighted by molar-refractivity contribution is 6.30. The molecule has 5 heteroatoms. The van der Waals surface area contributed by atoms with E-state index >= 15 is 0 Å². The van der Waals surface area contributed by atoms with Gasteiger partial charge in [-0.1, -0.05) is 11.6 Å². The molecule has 1 amide bonds. The van der Waals surface area contributed by atoms with E-state index in [4.69, 9.17) is 11.6 Å². The molecule has 1 fully saturated rings. The number of anilines is 1. The van der Waals surface area contributed by atoms with E-state index in [9.17, 15) is 4.79 Å². The monoisotopic (exact) mass is 301 g/mol. The Morgan fingerprint density at radius 3 is 2.67 bits per heavy atom. The van der Waals surface area contributed by atoms with Crippen molar-refractivity contribution in [2.24, 2.45) is 0 Å². The second-order valence-electron chi connectivity index (χ2n) is 5.12. The van der Waals surface area contributed by atoms with Crippen LogP contribution in [0.15, 0.2) is 42.6 Å². The first-order valence-corrected chi connectivity index (χ1v) is 7.34. The lowest BCUT2D eigenvalue weighted by Gasteiger charge is -2.09. The maximum atomic E-state index is 12.1. The number of pyridine rings is 1. The van der Waals surface area contributed by atoms with Gasteiger partial charge in [-0.25, -0.2) is 0 Å². The smallest absolute Gasteiger partial charge is 0.255 e. The fourth-order valence-corrected chi connectivity index (χ4v) is 2.56. The Bertz CT molecular complexity index is 619. The average molecular weight is 302 g/mol. The number of aromatic nitrogens is 1. The molecule has 0 radical (unpaired) electrons. The summed E-state index contributed by atoms with van der Waals surface area (Å²) in [5, 5.41) is 6.77. The molecule has 1 aliphatic heterocycles. The number of hydrogen-bond acceptors (Lipinski definition) is 3. The van der Waals surface area contributed by atoms with Gasteiger partial charge in [0.25, 0.3) is 5.91 Å². The Kier molecular flexibility index (Phi) is 4.18. The van der Waals surface area contributed by atoms with E-state index in [0.717, 1.165) is 25.2 Å². The highest BCUT2D eigenvalue weighted by Crippen LogP contribution is 2.21. The van der Waals surface area contributed by atoms with Gasteiger partial charge in [0.2, 0.25) is 0 Å². The van der Waals surface area contributed by atoms with Gasteiger partial charge in [0.05, 0.1) is 11.9 Å². The van der Waals surface area contributed by atoms with Crippen LogP contribution in [-0.4, -0.2) is 24.0 Å². The van der Waals surface area contributed by atoms with E-state index in [1.165, 1.54) is 0 Å². The van der Waals surface area contributed by atoms with Gasteiger partial charge < -0.3 is 10.6 Å². The molecule has 2 aromatic rings. The van der Waals surface area contributed by atoms with E-state index in [0.29, 0.717) is 22.2 Å². The lowest BCUT2D eigenvalue weighted by molar-refractivity contribution is 0.102. The van der Waals surface area contributed by atoms with Crippen LogP contribution < -0.4 is 10.6 Å². The fraction of sp³-hybridized carbons (Fsp3) is 0.250. The number of hydrogen-bond donors (Lipinski definition) is 2. The Labute approximate surface area is 128 Å². The molecule has 108 valence electrons. The number of benzene rings is 1. The van der Waals surface area contributed by atoms with Gasteiger partial charge in [0.1, 0.15) is 0 Å². The Hall–Kier alpha value is -1.91. The molecule has 0 bridgehead atoms. The second-order valence-corrected chi connectivity index (χ2v) is 5.56. The molecular formula is C16H16ClN3O. The van der Waals surface area contributed by atoms with E-state index in [2.05, 4.69) is 15.6 Å². The average Bonchev–Trinajstić information content (AvgIpc) is 3.03. The van der Waals surface area contributed by atoms with E-state index in [1.807, 2.05) is 12.1 Å². The zero-order chi connectivity index (χ0) is 14.7. The van der Waals surface area contributed by atoms with E-state index < -0.39 is 0 Å². The normalized spacial score (nSPS) is 17.7. The molecule has 0 saturated carbocycles. The van der Waals surface area contributed by atoms with Crippen LogP contribution in [0.1, 0.15) is 28.4 Å². The van der Waals surface area contributed by atoms with Crippen LogP contribution in [0, 0.1) is 0 Å². The summed E-state index contributed by atoms with van der Waals surface area (Å²) in [6.07, 6.45) is 2.82. The summed E-state index contributed by atoms with van der Waals surface area (Å²) >= 11 is 5.81. The zero-order valence-corrected chi connectivity index (χ0v) is 12.2. The molecule has 4 nitrogen and oxygen atoms in total. The first-order chi connectivity index (χ1) is 10.2. The predicted octanol–water partition coefficient (Wildman–Crippen LogP) is 3.06. The number of carbonyl (C=O) groups is 1. The highest BCUT2D eigenvalue weighted by atomic mass is 35.5. The molecule has 0 spiro atoms. The first-order valence-electron chi connectivity index (χ1n) is 6.96. The van der Waals surface area contributed by atoms with E-state index in [-0.39, 0.29) is 5.91 Å². The summed E-state index contributed by atoms with van der Waals surface area (Å²) < 4.78 is 0. The van der Waals surface area contributed by atoms with Gasteiger partial charge in [-0.3, -0.25) is 9.78 Å². The molecule has 2 heterocycles. The topological polar surface area (TPSA) is 54.0 Å². The molecule has 1 aliphatic rings.